The summed E-state index contributed by atoms with van der Waals surface area (Å²) < 4.78 is 10.4. The maximum atomic E-state index is 11.2. The molecule has 17 heavy (non-hydrogen) atoms. The number of nitrogens with zero attached hydrogens (tertiary/aromatic N) is 1. The van der Waals surface area contributed by atoms with Crippen LogP contribution in [-0.2, 0) is 4.79 Å². The molecule has 0 atom stereocenters. The summed E-state index contributed by atoms with van der Waals surface area (Å²) in [5, 5.41) is 10.7. The second kappa shape index (κ2) is 5.03. The summed E-state index contributed by atoms with van der Waals surface area (Å²) in [5.41, 5.74) is 0.835. The maximum Gasteiger partial charge on any atom is 0.244 e. The van der Waals surface area contributed by atoms with E-state index >= 15 is 0 Å². The Labute approximate surface area is 98.3 Å². The highest BCUT2D eigenvalue weighted by Crippen LogP contribution is 2.32. The molecule has 1 N–H and O–H groups in total. The summed E-state index contributed by atoms with van der Waals surface area (Å²) in [6.45, 7) is 0.232. The van der Waals surface area contributed by atoms with Gasteiger partial charge in [-0.3, -0.25) is 4.79 Å². The molecule has 2 rings (SSSR count). The van der Waals surface area contributed by atoms with Crippen molar-refractivity contribution in [3.63, 3.8) is 0 Å². The number of fused-ring (bicyclic) bond motifs is 1. The van der Waals surface area contributed by atoms with Gasteiger partial charge in [0.2, 0.25) is 12.7 Å². The van der Waals surface area contributed by atoms with Crippen molar-refractivity contribution in [3.8, 4) is 17.6 Å². The van der Waals surface area contributed by atoms with Gasteiger partial charge in [0.25, 0.3) is 0 Å². The average molecular weight is 230 g/mol. The first-order chi connectivity index (χ1) is 8.29. The Hall–Kier alpha value is -2.48. The molecule has 0 unspecified atom stereocenters. The van der Waals surface area contributed by atoms with Gasteiger partial charge in [0.1, 0.15) is 6.54 Å². The first kappa shape index (κ1) is 11.0. The monoisotopic (exact) mass is 230 g/mol. The van der Waals surface area contributed by atoms with E-state index in [4.69, 9.17) is 14.7 Å². The molecule has 0 saturated heterocycles. The van der Waals surface area contributed by atoms with E-state index in [2.05, 4.69) is 5.32 Å². The minimum atomic E-state index is -0.302. The van der Waals surface area contributed by atoms with Crippen LogP contribution >= 0.6 is 0 Å². The summed E-state index contributed by atoms with van der Waals surface area (Å²) >= 11 is 0. The quantitative estimate of drug-likeness (QED) is 0.622. The smallest absolute Gasteiger partial charge is 0.244 e. The lowest BCUT2D eigenvalue weighted by Gasteiger charge is -1.97. The van der Waals surface area contributed by atoms with Gasteiger partial charge >= 0.3 is 0 Å². The summed E-state index contributed by atoms with van der Waals surface area (Å²) in [4.78, 5) is 11.2. The molecule has 0 bridgehead atoms. The van der Waals surface area contributed by atoms with Crippen LogP contribution in [0.25, 0.3) is 6.08 Å². The number of hydrogen-bond donors (Lipinski definition) is 1. The van der Waals surface area contributed by atoms with Crippen molar-refractivity contribution in [2.24, 2.45) is 0 Å². The number of amides is 1. The molecular weight excluding hydrogens is 220 g/mol. The molecule has 1 aliphatic rings. The highest BCUT2D eigenvalue weighted by Gasteiger charge is 2.12. The zero-order valence-electron chi connectivity index (χ0n) is 8.97. The molecule has 1 amide bonds. The van der Waals surface area contributed by atoms with Gasteiger partial charge in [0.15, 0.2) is 11.5 Å². The maximum absolute atomic E-state index is 11.2. The summed E-state index contributed by atoms with van der Waals surface area (Å²) in [6.07, 6.45) is 3.02. The van der Waals surface area contributed by atoms with Crippen LogP contribution in [0.5, 0.6) is 11.5 Å². The fourth-order valence-corrected chi connectivity index (χ4v) is 1.37. The van der Waals surface area contributed by atoms with Crippen molar-refractivity contribution < 1.29 is 14.3 Å². The third-order valence-corrected chi connectivity index (χ3v) is 2.17. The van der Waals surface area contributed by atoms with Crippen LogP contribution in [0.1, 0.15) is 5.56 Å². The van der Waals surface area contributed by atoms with Crippen LogP contribution in [0.3, 0.4) is 0 Å². The van der Waals surface area contributed by atoms with Crippen LogP contribution in [0, 0.1) is 11.3 Å². The minimum absolute atomic E-state index is 0.00428. The number of ether oxygens (including phenoxy) is 2. The van der Waals surface area contributed by atoms with Gasteiger partial charge in [-0.2, -0.15) is 5.26 Å². The Balaban J connectivity index is 2.02. The number of benzene rings is 1. The van der Waals surface area contributed by atoms with E-state index in [9.17, 15) is 4.79 Å². The molecular formula is C12H10N2O3. The van der Waals surface area contributed by atoms with Crippen LogP contribution < -0.4 is 14.8 Å². The summed E-state index contributed by atoms with van der Waals surface area (Å²) in [6, 6.07) is 7.22. The Morgan fingerprint density at radius 1 is 1.47 bits per heavy atom. The van der Waals surface area contributed by atoms with Crippen molar-refractivity contribution in [2.75, 3.05) is 13.3 Å². The molecule has 1 aromatic rings. The molecule has 1 aromatic carbocycles. The Bertz CT molecular complexity index is 503. The molecule has 0 radical (unpaired) electrons. The number of rotatable bonds is 3. The number of hydrogen-bond acceptors (Lipinski definition) is 4. The molecule has 1 aliphatic heterocycles. The van der Waals surface area contributed by atoms with Crippen molar-refractivity contribution in [2.45, 2.75) is 0 Å². The van der Waals surface area contributed by atoms with Crippen LogP contribution in [-0.4, -0.2) is 19.2 Å². The first-order valence-electron chi connectivity index (χ1n) is 5.02. The average Bonchev–Trinajstić information content (AvgIpc) is 2.81. The molecule has 0 spiro atoms. The fourth-order valence-electron chi connectivity index (χ4n) is 1.37. The predicted molar refractivity (Wildman–Crippen MR) is 60.2 cm³/mol. The van der Waals surface area contributed by atoms with Crippen molar-refractivity contribution >= 4 is 12.0 Å². The number of carbonyl (C=O) groups excluding carboxylic acids is 1. The third-order valence-electron chi connectivity index (χ3n) is 2.17. The zero-order valence-corrected chi connectivity index (χ0v) is 8.97. The van der Waals surface area contributed by atoms with E-state index in [1.807, 2.05) is 12.1 Å². The number of carbonyl (C=O) groups is 1. The minimum Gasteiger partial charge on any atom is -0.454 e. The number of nitriles is 1. The molecule has 0 saturated carbocycles. The van der Waals surface area contributed by atoms with Crippen molar-refractivity contribution in [3.05, 3.63) is 29.8 Å². The highest BCUT2D eigenvalue weighted by molar-refractivity contribution is 5.91. The highest BCUT2D eigenvalue weighted by atomic mass is 16.7. The van der Waals surface area contributed by atoms with Gasteiger partial charge in [0, 0.05) is 6.08 Å². The van der Waals surface area contributed by atoms with Crippen LogP contribution in [0.15, 0.2) is 24.3 Å². The molecule has 0 aliphatic carbocycles. The Morgan fingerprint density at radius 3 is 3.12 bits per heavy atom. The zero-order chi connectivity index (χ0) is 12.1. The second-order valence-corrected chi connectivity index (χ2v) is 3.32. The third kappa shape index (κ3) is 2.75. The topological polar surface area (TPSA) is 71.4 Å². The summed E-state index contributed by atoms with van der Waals surface area (Å²) in [5.74, 6) is 1.07. The van der Waals surface area contributed by atoms with Gasteiger partial charge in [-0.05, 0) is 23.8 Å². The summed E-state index contributed by atoms with van der Waals surface area (Å²) in [7, 11) is 0. The molecule has 5 heteroatoms. The van der Waals surface area contributed by atoms with Gasteiger partial charge in [-0.15, -0.1) is 0 Å². The van der Waals surface area contributed by atoms with Gasteiger partial charge in [-0.1, -0.05) is 6.07 Å². The fraction of sp³-hybridized carbons (Fsp3) is 0.167. The van der Waals surface area contributed by atoms with E-state index in [0.717, 1.165) is 5.56 Å². The van der Waals surface area contributed by atoms with Gasteiger partial charge in [0.05, 0.1) is 6.07 Å². The van der Waals surface area contributed by atoms with Crippen molar-refractivity contribution in [1.82, 2.24) is 5.32 Å². The van der Waals surface area contributed by atoms with E-state index in [1.165, 1.54) is 6.08 Å². The molecule has 5 nitrogen and oxygen atoms in total. The van der Waals surface area contributed by atoms with Gasteiger partial charge < -0.3 is 14.8 Å². The molecule has 0 fully saturated rings. The largest absolute Gasteiger partial charge is 0.454 e. The normalized spacial score (nSPS) is 12.4. The lowest BCUT2D eigenvalue weighted by atomic mass is 10.2. The Kier molecular flexibility index (Phi) is 3.26. The lowest BCUT2D eigenvalue weighted by molar-refractivity contribution is -0.116. The van der Waals surface area contributed by atoms with Gasteiger partial charge in [-0.25, -0.2) is 0 Å². The van der Waals surface area contributed by atoms with E-state index < -0.39 is 0 Å². The van der Waals surface area contributed by atoms with Crippen LogP contribution in [0.4, 0.5) is 0 Å². The lowest BCUT2D eigenvalue weighted by Crippen LogP contribution is -2.20. The SMILES string of the molecule is N#CCNC(=O)C=Cc1ccc2c(c1)OCO2. The second-order valence-electron chi connectivity index (χ2n) is 3.32. The van der Waals surface area contributed by atoms with Crippen molar-refractivity contribution in [1.29, 1.82) is 5.26 Å². The van der Waals surface area contributed by atoms with E-state index in [-0.39, 0.29) is 19.2 Å². The molecule has 0 aromatic heterocycles. The van der Waals surface area contributed by atoms with Crippen LogP contribution in [0.2, 0.25) is 0 Å². The predicted octanol–water partition coefficient (Wildman–Crippen LogP) is 1.07. The van der Waals surface area contributed by atoms with E-state index in [1.54, 1.807) is 18.2 Å². The van der Waals surface area contributed by atoms with E-state index in [0.29, 0.717) is 11.5 Å². The first-order valence-corrected chi connectivity index (χ1v) is 5.02. The molecule has 86 valence electrons. The number of nitrogens with one attached hydrogen (secondary N) is 1. The standard InChI is InChI=1S/C12H10N2O3/c13-5-6-14-12(15)4-2-9-1-3-10-11(7-9)17-8-16-10/h1-4,7H,6,8H2,(H,14,15). The molecule has 1 heterocycles. The Morgan fingerprint density at radius 2 is 2.29 bits per heavy atom.